The lowest BCUT2D eigenvalue weighted by Crippen LogP contribution is -2.32. The Balaban J connectivity index is 2.27. The molecule has 0 aromatic heterocycles. The zero-order valence-corrected chi connectivity index (χ0v) is 10.5. The van der Waals surface area contributed by atoms with Crippen LogP contribution in [0.25, 0.3) is 0 Å². The van der Waals surface area contributed by atoms with Crippen LogP contribution in [0.4, 0.5) is 0 Å². The maximum absolute atomic E-state index is 11.8. The molecular formula is C14H19NO2. The summed E-state index contributed by atoms with van der Waals surface area (Å²) in [6.45, 7) is 4.54. The third-order valence-electron chi connectivity index (χ3n) is 3.14. The van der Waals surface area contributed by atoms with E-state index in [1.54, 1.807) is 0 Å². The highest BCUT2D eigenvalue weighted by Crippen LogP contribution is 2.33. The number of fused-ring (bicyclic) bond motifs is 1. The number of carbonyl (C=O) groups excluding carboxylic acids is 1. The first-order chi connectivity index (χ1) is 8.02. The van der Waals surface area contributed by atoms with Crippen LogP contribution in [0, 0.1) is 0 Å². The van der Waals surface area contributed by atoms with Gasteiger partial charge in [0, 0.05) is 12.0 Å². The molecule has 17 heavy (non-hydrogen) atoms. The van der Waals surface area contributed by atoms with Crippen molar-refractivity contribution in [1.29, 1.82) is 0 Å². The van der Waals surface area contributed by atoms with E-state index in [0.29, 0.717) is 18.5 Å². The molecular weight excluding hydrogens is 214 g/mol. The molecule has 0 radical (unpaired) electrons. The number of ether oxygens (including phenoxy) is 1. The maximum Gasteiger partial charge on any atom is 0.164 e. The lowest BCUT2D eigenvalue weighted by molar-refractivity contribution is 0.0839. The van der Waals surface area contributed by atoms with Crippen molar-refractivity contribution in [2.24, 2.45) is 5.73 Å². The van der Waals surface area contributed by atoms with Gasteiger partial charge in [-0.3, -0.25) is 4.79 Å². The predicted octanol–water partition coefficient (Wildman–Crippen LogP) is 2.32. The first-order valence-corrected chi connectivity index (χ1v) is 6.07. The van der Waals surface area contributed by atoms with Crippen LogP contribution in [0.15, 0.2) is 18.2 Å². The smallest absolute Gasteiger partial charge is 0.164 e. The Labute approximate surface area is 102 Å². The Hall–Kier alpha value is -1.35. The molecule has 0 aliphatic carbocycles. The normalized spacial score (nSPS) is 17.1. The molecule has 0 spiro atoms. The molecule has 0 atom stereocenters. The summed E-state index contributed by atoms with van der Waals surface area (Å²) in [4.78, 5) is 11.8. The van der Waals surface area contributed by atoms with E-state index in [0.717, 1.165) is 18.6 Å². The summed E-state index contributed by atoms with van der Waals surface area (Å²) in [5.41, 5.74) is 7.15. The SMILES string of the molecule is CC1(C)CCc2ccc(C(=O)CCN)cc2O1. The summed E-state index contributed by atoms with van der Waals surface area (Å²) in [7, 11) is 0. The lowest BCUT2D eigenvalue weighted by atomic mass is 9.93. The molecule has 1 aliphatic rings. The van der Waals surface area contributed by atoms with E-state index < -0.39 is 0 Å². The third-order valence-corrected chi connectivity index (χ3v) is 3.14. The molecule has 1 aliphatic heterocycles. The average Bonchev–Trinajstić information content (AvgIpc) is 2.27. The van der Waals surface area contributed by atoms with Crippen molar-refractivity contribution in [2.45, 2.75) is 38.7 Å². The van der Waals surface area contributed by atoms with Crippen LogP contribution in [-0.2, 0) is 6.42 Å². The average molecular weight is 233 g/mol. The molecule has 0 saturated heterocycles. The van der Waals surface area contributed by atoms with Gasteiger partial charge in [0.25, 0.3) is 0 Å². The van der Waals surface area contributed by atoms with Gasteiger partial charge in [-0.25, -0.2) is 0 Å². The number of Topliss-reactive ketones (excluding diaryl/α,β-unsaturated/α-hetero) is 1. The summed E-state index contributed by atoms with van der Waals surface area (Å²) in [5, 5.41) is 0. The maximum atomic E-state index is 11.8. The number of ketones is 1. The van der Waals surface area contributed by atoms with E-state index >= 15 is 0 Å². The van der Waals surface area contributed by atoms with E-state index in [-0.39, 0.29) is 11.4 Å². The molecule has 3 heteroatoms. The Morgan fingerprint density at radius 2 is 2.24 bits per heavy atom. The van der Waals surface area contributed by atoms with E-state index in [4.69, 9.17) is 10.5 Å². The van der Waals surface area contributed by atoms with Crippen molar-refractivity contribution < 1.29 is 9.53 Å². The highest BCUT2D eigenvalue weighted by Gasteiger charge is 2.26. The van der Waals surface area contributed by atoms with Gasteiger partial charge in [-0.15, -0.1) is 0 Å². The second kappa shape index (κ2) is 4.49. The minimum atomic E-state index is -0.136. The molecule has 1 aromatic carbocycles. The molecule has 2 N–H and O–H groups in total. The summed E-state index contributed by atoms with van der Waals surface area (Å²) >= 11 is 0. The van der Waals surface area contributed by atoms with Gasteiger partial charge in [-0.1, -0.05) is 12.1 Å². The fourth-order valence-electron chi connectivity index (χ4n) is 2.09. The zero-order valence-electron chi connectivity index (χ0n) is 10.5. The van der Waals surface area contributed by atoms with Gasteiger partial charge in [0.05, 0.1) is 0 Å². The number of carbonyl (C=O) groups is 1. The molecule has 0 bridgehead atoms. The van der Waals surface area contributed by atoms with Crippen molar-refractivity contribution in [1.82, 2.24) is 0 Å². The number of hydrogen-bond acceptors (Lipinski definition) is 3. The van der Waals surface area contributed by atoms with E-state index in [2.05, 4.69) is 13.8 Å². The van der Waals surface area contributed by atoms with Crippen molar-refractivity contribution in [3.8, 4) is 5.75 Å². The van der Waals surface area contributed by atoms with Crippen LogP contribution < -0.4 is 10.5 Å². The number of benzene rings is 1. The van der Waals surface area contributed by atoms with E-state index in [1.165, 1.54) is 5.56 Å². The molecule has 0 saturated carbocycles. The molecule has 1 heterocycles. The predicted molar refractivity (Wildman–Crippen MR) is 67.5 cm³/mol. The van der Waals surface area contributed by atoms with Crippen LogP contribution in [0.2, 0.25) is 0 Å². The Bertz CT molecular complexity index is 438. The summed E-state index contributed by atoms with van der Waals surface area (Å²) in [6.07, 6.45) is 2.41. The van der Waals surface area contributed by atoms with Crippen molar-refractivity contribution in [2.75, 3.05) is 6.54 Å². The molecule has 0 unspecified atom stereocenters. The molecule has 0 amide bonds. The molecule has 1 aromatic rings. The second-order valence-corrected chi connectivity index (χ2v) is 5.15. The largest absolute Gasteiger partial charge is 0.488 e. The monoisotopic (exact) mass is 233 g/mol. The second-order valence-electron chi connectivity index (χ2n) is 5.15. The van der Waals surface area contributed by atoms with Crippen LogP contribution in [-0.4, -0.2) is 17.9 Å². The minimum absolute atomic E-state index is 0.0854. The standard InChI is InChI=1S/C14H19NO2/c1-14(2)7-5-10-3-4-11(9-13(10)17-14)12(16)6-8-15/h3-4,9H,5-8,15H2,1-2H3. The van der Waals surface area contributed by atoms with Crippen molar-refractivity contribution >= 4 is 5.78 Å². The highest BCUT2D eigenvalue weighted by molar-refractivity contribution is 5.96. The Kier molecular flexibility index (Phi) is 3.20. The van der Waals surface area contributed by atoms with Gasteiger partial charge in [0.2, 0.25) is 0 Å². The van der Waals surface area contributed by atoms with Gasteiger partial charge in [-0.05, 0) is 44.9 Å². The van der Waals surface area contributed by atoms with E-state index in [1.807, 2.05) is 18.2 Å². The number of aryl methyl sites for hydroxylation is 1. The fourth-order valence-corrected chi connectivity index (χ4v) is 2.09. The van der Waals surface area contributed by atoms with E-state index in [9.17, 15) is 4.79 Å². The molecule has 3 nitrogen and oxygen atoms in total. The number of rotatable bonds is 3. The van der Waals surface area contributed by atoms with Crippen LogP contribution >= 0.6 is 0 Å². The lowest BCUT2D eigenvalue weighted by Gasteiger charge is -2.32. The van der Waals surface area contributed by atoms with Crippen LogP contribution in [0.5, 0.6) is 5.75 Å². The van der Waals surface area contributed by atoms with Gasteiger partial charge in [0.1, 0.15) is 11.4 Å². The van der Waals surface area contributed by atoms with Gasteiger partial charge < -0.3 is 10.5 Å². The third kappa shape index (κ3) is 2.67. The number of nitrogens with two attached hydrogens (primary N) is 1. The topological polar surface area (TPSA) is 52.3 Å². The summed E-state index contributed by atoms with van der Waals surface area (Å²) in [6, 6.07) is 5.72. The van der Waals surface area contributed by atoms with Crippen molar-refractivity contribution in [3.63, 3.8) is 0 Å². The highest BCUT2D eigenvalue weighted by atomic mass is 16.5. The zero-order chi connectivity index (χ0) is 12.5. The number of hydrogen-bond donors (Lipinski definition) is 1. The van der Waals surface area contributed by atoms with Crippen molar-refractivity contribution in [3.05, 3.63) is 29.3 Å². The molecule has 0 fully saturated rings. The first kappa shape index (κ1) is 12.1. The molecule has 2 rings (SSSR count). The quantitative estimate of drug-likeness (QED) is 0.815. The summed E-state index contributed by atoms with van der Waals surface area (Å²) < 4.78 is 5.90. The van der Waals surface area contributed by atoms with Crippen LogP contribution in [0.3, 0.4) is 0 Å². The Morgan fingerprint density at radius 1 is 1.47 bits per heavy atom. The summed E-state index contributed by atoms with van der Waals surface area (Å²) in [5.74, 6) is 0.936. The van der Waals surface area contributed by atoms with Crippen LogP contribution in [0.1, 0.15) is 42.6 Å². The molecule has 92 valence electrons. The van der Waals surface area contributed by atoms with Gasteiger partial charge in [-0.2, -0.15) is 0 Å². The van der Waals surface area contributed by atoms with Gasteiger partial charge >= 0.3 is 0 Å². The minimum Gasteiger partial charge on any atom is -0.488 e. The Morgan fingerprint density at radius 3 is 2.94 bits per heavy atom. The first-order valence-electron chi connectivity index (χ1n) is 6.07. The fraction of sp³-hybridized carbons (Fsp3) is 0.500. The van der Waals surface area contributed by atoms with Gasteiger partial charge in [0.15, 0.2) is 5.78 Å².